The predicted molar refractivity (Wildman–Crippen MR) is 77.0 cm³/mol. The SMILES string of the molecule is CCC(C)(C)CNc1ccc(N)c(OC(C)C)n1. The normalized spacial score (nSPS) is 11.7. The minimum atomic E-state index is 0.0714. The highest BCUT2D eigenvalue weighted by Crippen LogP contribution is 2.24. The first-order valence-electron chi connectivity index (χ1n) is 6.51. The number of pyridine rings is 1. The molecule has 1 heterocycles. The monoisotopic (exact) mass is 251 g/mol. The van der Waals surface area contributed by atoms with E-state index in [0.29, 0.717) is 11.6 Å². The minimum Gasteiger partial charge on any atom is -0.473 e. The largest absolute Gasteiger partial charge is 0.473 e. The number of nitrogen functional groups attached to an aromatic ring is 1. The minimum absolute atomic E-state index is 0.0714. The van der Waals surface area contributed by atoms with Crippen LogP contribution in [0.25, 0.3) is 0 Å². The zero-order chi connectivity index (χ0) is 13.8. The van der Waals surface area contributed by atoms with Crippen molar-refractivity contribution in [2.75, 3.05) is 17.6 Å². The zero-order valence-corrected chi connectivity index (χ0v) is 12.1. The fourth-order valence-electron chi connectivity index (χ4n) is 1.32. The summed E-state index contributed by atoms with van der Waals surface area (Å²) in [5.41, 5.74) is 6.66. The Kier molecular flexibility index (Phi) is 4.82. The van der Waals surface area contributed by atoms with Gasteiger partial charge in [-0.05, 0) is 37.8 Å². The molecule has 1 rings (SSSR count). The highest BCUT2D eigenvalue weighted by molar-refractivity contribution is 5.53. The third kappa shape index (κ3) is 4.43. The average Bonchev–Trinajstić information content (AvgIpc) is 2.30. The summed E-state index contributed by atoms with van der Waals surface area (Å²) in [5.74, 6) is 1.31. The van der Waals surface area contributed by atoms with E-state index in [4.69, 9.17) is 10.5 Å². The van der Waals surface area contributed by atoms with Crippen molar-refractivity contribution in [1.29, 1.82) is 0 Å². The molecule has 4 nitrogen and oxygen atoms in total. The Hall–Kier alpha value is -1.45. The van der Waals surface area contributed by atoms with Crippen molar-refractivity contribution in [3.05, 3.63) is 12.1 Å². The quantitative estimate of drug-likeness (QED) is 0.814. The fraction of sp³-hybridized carbons (Fsp3) is 0.643. The topological polar surface area (TPSA) is 60.2 Å². The van der Waals surface area contributed by atoms with Gasteiger partial charge >= 0.3 is 0 Å². The van der Waals surface area contributed by atoms with E-state index in [0.717, 1.165) is 18.8 Å². The van der Waals surface area contributed by atoms with Crippen LogP contribution in [0.1, 0.15) is 41.0 Å². The lowest BCUT2D eigenvalue weighted by Gasteiger charge is -2.23. The first kappa shape index (κ1) is 14.6. The Balaban J connectivity index is 2.73. The van der Waals surface area contributed by atoms with Crippen LogP contribution in [-0.2, 0) is 0 Å². The first-order valence-corrected chi connectivity index (χ1v) is 6.51. The van der Waals surface area contributed by atoms with E-state index in [9.17, 15) is 0 Å². The van der Waals surface area contributed by atoms with Crippen LogP contribution in [0.2, 0.25) is 0 Å². The number of hydrogen-bond acceptors (Lipinski definition) is 4. The van der Waals surface area contributed by atoms with Gasteiger partial charge in [-0.3, -0.25) is 0 Å². The molecule has 0 aliphatic carbocycles. The van der Waals surface area contributed by atoms with Crippen molar-refractivity contribution >= 4 is 11.5 Å². The van der Waals surface area contributed by atoms with Crippen molar-refractivity contribution in [3.63, 3.8) is 0 Å². The molecule has 0 saturated heterocycles. The van der Waals surface area contributed by atoms with Crippen LogP contribution in [0.4, 0.5) is 11.5 Å². The number of nitrogens with zero attached hydrogens (tertiary/aromatic N) is 1. The van der Waals surface area contributed by atoms with Gasteiger partial charge in [0.15, 0.2) is 0 Å². The molecule has 0 atom stereocenters. The number of hydrogen-bond donors (Lipinski definition) is 2. The number of nitrogens with one attached hydrogen (secondary N) is 1. The van der Waals surface area contributed by atoms with E-state index >= 15 is 0 Å². The summed E-state index contributed by atoms with van der Waals surface area (Å²) in [4.78, 5) is 4.39. The first-order chi connectivity index (χ1) is 8.34. The van der Waals surface area contributed by atoms with Gasteiger partial charge in [0.25, 0.3) is 0 Å². The predicted octanol–water partition coefficient (Wildman–Crippen LogP) is 3.30. The third-order valence-corrected chi connectivity index (χ3v) is 2.94. The summed E-state index contributed by atoms with van der Waals surface area (Å²) in [6.07, 6.45) is 1.19. The Labute approximate surface area is 110 Å². The van der Waals surface area contributed by atoms with Gasteiger partial charge in [-0.2, -0.15) is 4.98 Å². The van der Waals surface area contributed by atoms with Gasteiger partial charge in [0.05, 0.1) is 11.8 Å². The molecule has 0 spiro atoms. The Morgan fingerprint density at radius 2 is 2.06 bits per heavy atom. The van der Waals surface area contributed by atoms with Crippen molar-refractivity contribution < 1.29 is 4.74 Å². The van der Waals surface area contributed by atoms with E-state index < -0.39 is 0 Å². The van der Waals surface area contributed by atoms with Gasteiger partial charge in [0, 0.05) is 6.54 Å². The molecule has 0 aliphatic rings. The molecule has 3 N–H and O–H groups in total. The molecule has 0 saturated carbocycles. The van der Waals surface area contributed by atoms with Crippen LogP contribution in [0.3, 0.4) is 0 Å². The summed E-state index contributed by atoms with van der Waals surface area (Å²) in [7, 11) is 0. The summed E-state index contributed by atoms with van der Waals surface area (Å²) in [5, 5.41) is 3.33. The molecule has 1 aromatic rings. The Morgan fingerprint density at radius 3 is 2.61 bits per heavy atom. The van der Waals surface area contributed by atoms with Crippen molar-refractivity contribution in [2.45, 2.75) is 47.1 Å². The maximum atomic E-state index is 5.83. The van der Waals surface area contributed by atoms with Crippen LogP contribution in [-0.4, -0.2) is 17.6 Å². The number of anilines is 2. The Morgan fingerprint density at radius 1 is 1.39 bits per heavy atom. The van der Waals surface area contributed by atoms with E-state index in [1.807, 2.05) is 26.0 Å². The number of ether oxygens (including phenoxy) is 1. The van der Waals surface area contributed by atoms with Gasteiger partial charge < -0.3 is 15.8 Å². The van der Waals surface area contributed by atoms with Crippen molar-refractivity contribution in [2.24, 2.45) is 5.41 Å². The van der Waals surface area contributed by atoms with Gasteiger partial charge in [0.1, 0.15) is 5.82 Å². The number of aromatic nitrogens is 1. The lowest BCUT2D eigenvalue weighted by molar-refractivity contribution is 0.234. The summed E-state index contributed by atoms with van der Waals surface area (Å²) >= 11 is 0. The van der Waals surface area contributed by atoms with E-state index in [-0.39, 0.29) is 11.5 Å². The molecule has 0 bridgehead atoms. The van der Waals surface area contributed by atoms with E-state index in [2.05, 4.69) is 31.1 Å². The molecule has 102 valence electrons. The fourth-order valence-corrected chi connectivity index (χ4v) is 1.32. The van der Waals surface area contributed by atoms with Crippen molar-refractivity contribution in [3.8, 4) is 5.88 Å². The molecular weight excluding hydrogens is 226 g/mol. The third-order valence-electron chi connectivity index (χ3n) is 2.94. The molecule has 4 heteroatoms. The Bertz CT molecular complexity index is 389. The average molecular weight is 251 g/mol. The molecule has 0 fully saturated rings. The molecular formula is C14H25N3O. The van der Waals surface area contributed by atoms with Gasteiger partial charge in [-0.25, -0.2) is 0 Å². The number of nitrogens with two attached hydrogens (primary N) is 1. The van der Waals surface area contributed by atoms with Gasteiger partial charge in [-0.1, -0.05) is 20.8 Å². The molecule has 0 aromatic carbocycles. The molecule has 18 heavy (non-hydrogen) atoms. The second-order valence-electron chi connectivity index (χ2n) is 5.63. The standard InChI is InChI=1S/C14H25N3O/c1-6-14(4,5)9-16-12-8-7-11(15)13(17-12)18-10(2)3/h7-8,10H,6,9,15H2,1-5H3,(H,16,17). The van der Waals surface area contributed by atoms with Gasteiger partial charge in [-0.15, -0.1) is 0 Å². The zero-order valence-electron chi connectivity index (χ0n) is 12.1. The molecule has 0 aliphatic heterocycles. The molecule has 0 radical (unpaired) electrons. The number of rotatable bonds is 6. The van der Waals surface area contributed by atoms with E-state index in [1.165, 1.54) is 0 Å². The van der Waals surface area contributed by atoms with Crippen LogP contribution in [0.15, 0.2) is 12.1 Å². The second-order valence-corrected chi connectivity index (χ2v) is 5.63. The maximum absolute atomic E-state index is 5.83. The van der Waals surface area contributed by atoms with Crippen molar-refractivity contribution in [1.82, 2.24) is 4.98 Å². The molecule has 0 amide bonds. The van der Waals surface area contributed by atoms with E-state index in [1.54, 1.807) is 0 Å². The summed E-state index contributed by atoms with van der Waals surface area (Å²) in [6.45, 7) is 11.4. The summed E-state index contributed by atoms with van der Waals surface area (Å²) in [6, 6.07) is 3.71. The lowest BCUT2D eigenvalue weighted by atomic mass is 9.90. The second kappa shape index (κ2) is 5.94. The smallest absolute Gasteiger partial charge is 0.239 e. The molecule has 0 unspecified atom stereocenters. The molecule has 1 aromatic heterocycles. The highest BCUT2D eigenvalue weighted by Gasteiger charge is 2.15. The maximum Gasteiger partial charge on any atom is 0.239 e. The van der Waals surface area contributed by atoms with Crippen LogP contribution >= 0.6 is 0 Å². The highest BCUT2D eigenvalue weighted by atomic mass is 16.5. The lowest BCUT2D eigenvalue weighted by Crippen LogP contribution is -2.22. The summed E-state index contributed by atoms with van der Waals surface area (Å²) < 4.78 is 5.57. The van der Waals surface area contributed by atoms with Crippen LogP contribution < -0.4 is 15.8 Å². The van der Waals surface area contributed by atoms with Crippen LogP contribution in [0.5, 0.6) is 5.88 Å². The van der Waals surface area contributed by atoms with Gasteiger partial charge in [0.2, 0.25) is 5.88 Å². The van der Waals surface area contributed by atoms with Crippen LogP contribution in [0, 0.1) is 5.41 Å².